The van der Waals surface area contributed by atoms with Crippen LogP contribution in [0.5, 0.6) is 0 Å². The van der Waals surface area contributed by atoms with E-state index < -0.39 is 5.97 Å². The molecule has 2 N–H and O–H groups in total. The second-order valence-corrected chi connectivity index (χ2v) is 6.82. The summed E-state index contributed by atoms with van der Waals surface area (Å²) >= 11 is 2.57. The van der Waals surface area contributed by atoms with E-state index in [1.807, 2.05) is 13.1 Å². The SMILES string of the molecule is CCC1=CN=c2sc(C(=O)OC)c(N)c2=C(SCC(=O)OC)C1. The first-order valence-corrected chi connectivity index (χ1v) is 8.77. The molecule has 0 saturated carbocycles. The first-order chi connectivity index (χ1) is 11.0. The van der Waals surface area contributed by atoms with Gasteiger partial charge in [-0.15, -0.1) is 23.1 Å². The quantitative estimate of drug-likeness (QED) is 0.805. The first-order valence-electron chi connectivity index (χ1n) is 6.96. The number of allylic oxidation sites excluding steroid dienone is 1. The third-order valence-electron chi connectivity index (χ3n) is 3.37. The van der Waals surface area contributed by atoms with Crippen LogP contribution in [0.2, 0.25) is 0 Å². The summed E-state index contributed by atoms with van der Waals surface area (Å²) in [6.07, 6.45) is 3.31. The molecule has 0 aromatic carbocycles. The maximum atomic E-state index is 11.8. The molecule has 0 atom stereocenters. The highest BCUT2D eigenvalue weighted by Crippen LogP contribution is 2.28. The number of ether oxygens (including phenoxy) is 2. The number of nitrogens with two attached hydrogens (primary N) is 1. The number of fused-ring (bicyclic) bond motifs is 1. The normalized spacial score (nSPS) is 13.5. The summed E-state index contributed by atoms with van der Waals surface area (Å²) in [6.45, 7) is 2.05. The fourth-order valence-electron chi connectivity index (χ4n) is 2.07. The average Bonchev–Trinajstić information content (AvgIpc) is 2.79. The van der Waals surface area contributed by atoms with Gasteiger partial charge in [0, 0.05) is 22.7 Å². The van der Waals surface area contributed by atoms with Gasteiger partial charge in [0.05, 0.1) is 25.7 Å². The molecule has 0 spiro atoms. The van der Waals surface area contributed by atoms with Gasteiger partial charge in [0.25, 0.3) is 0 Å². The van der Waals surface area contributed by atoms with Crippen LogP contribution in [0.3, 0.4) is 0 Å². The number of thiophene rings is 1. The largest absolute Gasteiger partial charge is 0.468 e. The summed E-state index contributed by atoms with van der Waals surface area (Å²) in [4.78, 5) is 29.0. The van der Waals surface area contributed by atoms with Gasteiger partial charge < -0.3 is 15.2 Å². The maximum Gasteiger partial charge on any atom is 0.350 e. The minimum Gasteiger partial charge on any atom is -0.468 e. The smallest absolute Gasteiger partial charge is 0.350 e. The van der Waals surface area contributed by atoms with Gasteiger partial charge in [-0.2, -0.15) is 0 Å². The van der Waals surface area contributed by atoms with Crippen molar-refractivity contribution in [2.75, 3.05) is 25.7 Å². The Bertz CT molecular complexity index is 780. The first kappa shape index (κ1) is 17.6. The van der Waals surface area contributed by atoms with E-state index in [9.17, 15) is 9.59 Å². The number of nitrogen functional groups attached to an aromatic ring is 1. The lowest BCUT2D eigenvalue weighted by Crippen LogP contribution is -2.24. The highest BCUT2D eigenvalue weighted by molar-refractivity contribution is 8.08. The van der Waals surface area contributed by atoms with Crippen LogP contribution in [0.1, 0.15) is 29.4 Å². The van der Waals surface area contributed by atoms with Crippen LogP contribution in [0.4, 0.5) is 5.69 Å². The summed E-state index contributed by atoms with van der Waals surface area (Å²) in [5.41, 5.74) is 7.66. The Labute approximate surface area is 142 Å². The van der Waals surface area contributed by atoms with Crippen molar-refractivity contribution in [1.82, 2.24) is 0 Å². The lowest BCUT2D eigenvalue weighted by Gasteiger charge is -2.07. The van der Waals surface area contributed by atoms with E-state index in [1.54, 1.807) is 0 Å². The average molecular weight is 354 g/mol. The summed E-state index contributed by atoms with van der Waals surface area (Å²) in [7, 11) is 2.67. The molecule has 0 unspecified atom stereocenters. The van der Waals surface area contributed by atoms with E-state index in [2.05, 4.69) is 4.99 Å². The summed E-state index contributed by atoms with van der Waals surface area (Å²) in [5.74, 6) is -0.604. The van der Waals surface area contributed by atoms with Crippen LogP contribution in [-0.2, 0) is 14.3 Å². The van der Waals surface area contributed by atoms with E-state index >= 15 is 0 Å². The van der Waals surface area contributed by atoms with Gasteiger partial charge in [0.2, 0.25) is 0 Å². The van der Waals surface area contributed by atoms with Crippen molar-refractivity contribution in [2.45, 2.75) is 19.8 Å². The van der Waals surface area contributed by atoms with Gasteiger partial charge in [0.1, 0.15) is 9.55 Å². The van der Waals surface area contributed by atoms with Crippen molar-refractivity contribution in [3.05, 3.63) is 26.5 Å². The zero-order chi connectivity index (χ0) is 17.0. The van der Waals surface area contributed by atoms with Crippen LogP contribution >= 0.6 is 23.1 Å². The summed E-state index contributed by atoms with van der Waals surface area (Å²) in [5, 5.41) is 0.726. The second-order valence-electron chi connectivity index (χ2n) is 4.75. The van der Waals surface area contributed by atoms with Gasteiger partial charge in [0.15, 0.2) is 0 Å². The van der Waals surface area contributed by atoms with Crippen molar-refractivity contribution < 1.29 is 19.1 Å². The Hall–Kier alpha value is -1.80. The van der Waals surface area contributed by atoms with Crippen molar-refractivity contribution in [2.24, 2.45) is 4.99 Å². The molecule has 0 saturated heterocycles. The fourth-order valence-corrected chi connectivity index (χ4v) is 4.20. The Kier molecular flexibility index (Phi) is 5.84. The van der Waals surface area contributed by atoms with Gasteiger partial charge in [-0.1, -0.05) is 6.92 Å². The van der Waals surface area contributed by atoms with Gasteiger partial charge in [-0.05, 0) is 12.0 Å². The molecule has 2 rings (SSSR count). The molecule has 23 heavy (non-hydrogen) atoms. The molecule has 0 bridgehead atoms. The highest BCUT2D eigenvalue weighted by atomic mass is 32.2. The predicted molar refractivity (Wildman–Crippen MR) is 91.7 cm³/mol. The van der Waals surface area contributed by atoms with Crippen LogP contribution in [-0.4, -0.2) is 31.9 Å². The Morgan fingerprint density at radius 3 is 2.74 bits per heavy atom. The molecule has 0 amide bonds. The number of esters is 2. The number of anilines is 1. The lowest BCUT2D eigenvalue weighted by molar-refractivity contribution is -0.137. The lowest BCUT2D eigenvalue weighted by atomic mass is 10.1. The van der Waals surface area contributed by atoms with Gasteiger partial charge in [-0.25, -0.2) is 9.79 Å². The van der Waals surface area contributed by atoms with Crippen molar-refractivity contribution >= 4 is 45.6 Å². The number of rotatable bonds is 5. The molecule has 0 radical (unpaired) electrons. The van der Waals surface area contributed by atoms with E-state index in [0.29, 0.717) is 21.7 Å². The van der Waals surface area contributed by atoms with Crippen LogP contribution < -0.4 is 15.6 Å². The number of hydrogen-bond acceptors (Lipinski definition) is 8. The topological polar surface area (TPSA) is 91.0 Å². The van der Waals surface area contributed by atoms with E-state index in [4.69, 9.17) is 15.2 Å². The molecule has 1 aliphatic rings. The van der Waals surface area contributed by atoms with E-state index in [1.165, 1.54) is 37.3 Å². The van der Waals surface area contributed by atoms with Crippen LogP contribution in [0, 0.1) is 0 Å². The molecule has 124 valence electrons. The van der Waals surface area contributed by atoms with Crippen molar-refractivity contribution in [3.63, 3.8) is 0 Å². The van der Waals surface area contributed by atoms with E-state index in [-0.39, 0.29) is 11.7 Å². The molecule has 1 aliphatic heterocycles. The minimum absolute atomic E-state index is 0.186. The molecular formula is C15H18N2O4S2. The standard InChI is InChI=1S/C15H18N2O4S2/c1-4-8-5-9(22-7-10(18)20-2)11-12(16)13(15(19)21-3)23-14(11)17-6-8/h6H,4-5,7,16H2,1-3H3. The van der Waals surface area contributed by atoms with E-state index in [0.717, 1.165) is 22.1 Å². The molecule has 8 heteroatoms. The molecular weight excluding hydrogens is 336 g/mol. The molecule has 0 aliphatic carbocycles. The zero-order valence-corrected chi connectivity index (χ0v) is 14.8. The second kappa shape index (κ2) is 7.65. The number of thioether (sulfide) groups is 1. The molecule has 2 heterocycles. The third-order valence-corrected chi connectivity index (χ3v) is 5.54. The number of methoxy groups -OCH3 is 2. The summed E-state index contributed by atoms with van der Waals surface area (Å²) < 4.78 is 10.1. The Morgan fingerprint density at radius 1 is 1.39 bits per heavy atom. The van der Waals surface area contributed by atoms with Crippen molar-refractivity contribution in [3.8, 4) is 0 Å². The fraction of sp³-hybridized carbons (Fsp3) is 0.400. The van der Waals surface area contributed by atoms with Gasteiger partial charge >= 0.3 is 11.9 Å². The van der Waals surface area contributed by atoms with Crippen molar-refractivity contribution in [1.29, 1.82) is 0 Å². The number of nitrogens with zero attached hydrogens (tertiary/aromatic N) is 1. The molecule has 1 aromatic rings. The number of carbonyl (C=O) groups excluding carboxylic acids is 2. The Morgan fingerprint density at radius 2 is 2.13 bits per heavy atom. The predicted octanol–water partition coefficient (Wildman–Crippen LogP) is 1.45. The van der Waals surface area contributed by atoms with Crippen LogP contribution in [0.15, 0.2) is 16.8 Å². The molecule has 6 nitrogen and oxygen atoms in total. The monoisotopic (exact) mass is 354 g/mol. The zero-order valence-electron chi connectivity index (χ0n) is 13.2. The third kappa shape index (κ3) is 3.76. The maximum absolute atomic E-state index is 11.8. The van der Waals surface area contributed by atoms with Gasteiger partial charge in [-0.3, -0.25) is 4.79 Å². The molecule has 1 aromatic heterocycles. The Balaban J connectivity index is 2.58. The minimum atomic E-state index is -0.479. The molecule has 0 fully saturated rings. The summed E-state index contributed by atoms with van der Waals surface area (Å²) in [6, 6.07) is 0. The number of carbonyl (C=O) groups is 2. The number of hydrogen-bond donors (Lipinski definition) is 1. The highest BCUT2D eigenvalue weighted by Gasteiger charge is 2.20. The van der Waals surface area contributed by atoms with Crippen LogP contribution in [0.25, 0.3) is 4.91 Å².